The van der Waals surface area contributed by atoms with Crippen LogP contribution >= 0.6 is 11.6 Å². The smallest absolute Gasteiger partial charge is 0.301 e. The van der Waals surface area contributed by atoms with Gasteiger partial charge in [-0.05, 0) is 70.1 Å². The Balaban J connectivity index is 1.23. The number of ether oxygens (including phenoxy) is 1. The van der Waals surface area contributed by atoms with Crippen LogP contribution in [0.5, 0.6) is 11.8 Å². The summed E-state index contributed by atoms with van der Waals surface area (Å²) in [6.45, 7) is 5.60. The summed E-state index contributed by atoms with van der Waals surface area (Å²) in [6, 6.07) is 9.70. The van der Waals surface area contributed by atoms with Crippen molar-refractivity contribution in [2.75, 3.05) is 40.3 Å². The fraction of sp³-hybridized carbons (Fsp3) is 0.414. The largest absolute Gasteiger partial charge is 0.426 e. The van der Waals surface area contributed by atoms with E-state index in [1.807, 2.05) is 56.3 Å². The van der Waals surface area contributed by atoms with Gasteiger partial charge in [0.25, 0.3) is 0 Å². The van der Waals surface area contributed by atoms with E-state index >= 15 is 0 Å². The summed E-state index contributed by atoms with van der Waals surface area (Å²) in [6.07, 6.45) is 10.1. The number of likely N-dealkylation sites (tertiary alicyclic amines) is 1. The van der Waals surface area contributed by atoms with E-state index in [1.165, 1.54) is 18.5 Å². The van der Waals surface area contributed by atoms with Crippen LogP contribution in [0.2, 0.25) is 5.02 Å². The molecule has 1 aliphatic heterocycles. The van der Waals surface area contributed by atoms with Crippen molar-refractivity contribution < 1.29 is 9.53 Å². The summed E-state index contributed by atoms with van der Waals surface area (Å²) in [5.74, 6) is 0.493. The van der Waals surface area contributed by atoms with E-state index in [4.69, 9.17) is 21.3 Å². The van der Waals surface area contributed by atoms with E-state index in [0.717, 1.165) is 42.8 Å². The Labute approximate surface area is 228 Å². The molecule has 2 atom stereocenters. The SMILES string of the molecule is CC(C(=O)NCCN(C)C)c1ccc(Oc2nc3nc(C4C=CC(N5CCCC5)=CC4)c(Cl)cc3[nH]2)cc1. The number of rotatable bonds is 9. The number of imidazole rings is 1. The molecule has 3 heterocycles. The van der Waals surface area contributed by atoms with E-state index < -0.39 is 0 Å². The molecular formula is C29H35ClN6O2. The third-order valence-corrected chi connectivity index (χ3v) is 7.48. The van der Waals surface area contributed by atoms with Gasteiger partial charge in [0.05, 0.1) is 22.2 Å². The molecule has 1 aromatic carbocycles. The van der Waals surface area contributed by atoms with Crippen LogP contribution in [0.3, 0.4) is 0 Å². The fourth-order valence-corrected chi connectivity index (χ4v) is 5.17. The van der Waals surface area contributed by atoms with Crippen LogP contribution in [0.15, 0.2) is 54.3 Å². The van der Waals surface area contributed by atoms with Gasteiger partial charge in [-0.15, -0.1) is 0 Å². The summed E-state index contributed by atoms with van der Waals surface area (Å²) in [5.41, 5.74) is 4.34. The first-order valence-corrected chi connectivity index (χ1v) is 13.6. The van der Waals surface area contributed by atoms with Gasteiger partial charge in [-0.1, -0.05) is 35.9 Å². The molecule has 200 valence electrons. The zero-order valence-electron chi connectivity index (χ0n) is 22.2. The van der Waals surface area contributed by atoms with Crippen molar-refractivity contribution in [1.82, 2.24) is 30.1 Å². The van der Waals surface area contributed by atoms with Crippen LogP contribution < -0.4 is 10.1 Å². The van der Waals surface area contributed by atoms with Crippen molar-refractivity contribution in [2.45, 2.75) is 38.0 Å². The molecular weight excluding hydrogens is 500 g/mol. The molecule has 8 nitrogen and oxygen atoms in total. The molecule has 2 unspecified atom stereocenters. The highest BCUT2D eigenvalue weighted by Crippen LogP contribution is 2.34. The Morgan fingerprint density at radius 3 is 2.68 bits per heavy atom. The van der Waals surface area contributed by atoms with Gasteiger partial charge >= 0.3 is 6.01 Å². The van der Waals surface area contributed by atoms with E-state index in [-0.39, 0.29) is 17.7 Å². The molecule has 2 aromatic heterocycles. The van der Waals surface area contributed by atoms with Crippen molar-refractivity contribution >= 4 is 28.7 Å². The maximum absolute atomic E-state index is 12.4. The predicted octanol–water partition coefficient (Wildman–Crippen LogP) is 5.21. The van der Waals surface area contributed by atoms with Gasteiger partial charge in [0.2, 0.25) is 5.91 Å². The maximum atomic E-state index is 12.4. The van der Waals surface area contributed by atoms with E-state index in [0.29, 0.717) is 29.0 Å². The van der Waals surface area contributed by atoms with Gasteiger partial charge in [0, 0.05) is 37.8 Å². The number of carbonyl (C=O) groups excluding carboxylic acids is 1. The lowest BCUT2D eigenvalue weighted by atomic mass is 9.95. The zero-order valence-corrected chi connectivity index (χ0v) is 23.0. The molecule has 1 fully saturated rings. The minimum Gasteiger partial charge on any atom is -0.426 e. The van der Waals surface area contributed by atoms with Crippen LogP contribution in [0.4, 0.5) is 0 Å². The van der Waals surface area contributed by atoms with Gasteiger partial charge in [0.15, 0.2) is 5.65 Å². The van der Waals surface area contributed by atoms with Crippen LogP contribution in [0.25, 0.3) is 11.2 Å². The average molecular weight is 535 g/mol. The number of hydrogen-bond acceptors (Lipinski definition) is 6. The third kappa shape index (κ3) is 6.03. The molecule has 2 aliphatic rings. The summed E-state index contributed by atoms with van der Waals surface area (Å²) < 4.78 is 5.96. The number of halogens is 1. The van der Waals surface area contributed by atoms with E-state index in [2.05, 4.69) is 38.4 Å². The fourth-order valence-electron chi connectivity index (χ4n) is 4.88. The Morgan fingerprint density at radius 1 is 1.24 bits per heavy atom. The summed E-state index contributed by atoms with van der Waals surface area (Å²) in [5, 5.41) is 3.59. The molecule has 1 saturated heterocycles. The molecule has 1 aliphatic carbocycles. The first-order chi connectivity index (χ1) is 18.4. The molecule has 0 radical (unpaired) electrons. The Hall–Kier alpha value is -3.36. The first kappa shape index (κ1) is 26.3. The summed E-state index contributed by atoms with van der Waals surface area (Å²) in [4.78, 5) is 29.4. The van der Waals surface area contributed by atoms with Gasteiger partial charge in [-0.3, -0.25) is 4.79 Å². The lowest BCUT2D eigenvalue weighted by Crippen LogP contribution is -2.33. The molecule has 1 amide bonds. The molecule has 38 heavy (non-hydrogen) atoms. The summed E-state index contributed by atoms with van der Waals surface area (Å²) >= 11 is 6.64. The molecule has 9 heteroatoms. The molecule has 3 aromatic rings. The molecule has 0 saturated carbocycles. The van der Waals surface area contributed by atoms with Crippen molar-refractivity contribution in [3.8, 4) is 11.8 Å². The predicted molar refractivity (Wildman–Crippen MR) is 151 cm³/mol. The number of allylic oxidation sites excluding steroid dienone is 3. The van der Waals surface area contributed by atoms with Gasteiger partial charge in [-0.25, -0.2) is 4.98 Å². The van der Waals surface area contributed by atoms with Crippen LogP contribution in [0.1, 0.15) is 49.3 Å². The number of nitrogens with zero attached hydrogens (tertiary/aromatic N) is 4. The second-order valence-electron chi connectivity index (χ2n) is 10.3. The van der Waals surface area contributed by atoms with Gasteiger partial charge < -0.3 is 24.8 Å². The number of amides is 1. The lowest BCUT2D eigenvalue weighted by molar-refractivity contribution is -0.122. The first-order valence-electron chi connectivity index (χ1n) is 13.3. The number of hydrogen-bond donors (Lipinski definition) is 2. The number of carbonyl (C=O) groups is 1. The number of pyridine rings is 1. The van der Waals surface area contributed by atoms with Crippen LogP contribution in [0, 0.1) is 0 Å². The number of H-pyrrole nitrogens is 1. The number of aromatic amines is 1. The standard InChI is InChI=1S/C29H35ClN6O2/c1-19(28(37)31-14-17-35(2)3)20-8-12-23(13-9-20)38-29-32-25-18-24(30)26(33-27(25)34-29)21-6-10-22(11-7-21)36-15-4-5-16-36/h6,8-13,18-19,21H,4-5,7,14-17H2,1-3H3,(H,31,37)(H,32,33,34). The number of aromatic nitrogens is 3. The maximum Gasteiger partial charge on any atom is 0.301 e. The quantitative estimate of drug-likeness (QED) is 0.392. The number of likely N-dealkylation sites (N-methyl/N-ethyl adjacent to an activating group) is 1. The van der Waals surface area contributed by atoms with E-state index in [9.17, 15) is 4.79 Å². The number of fused-ring (bicyclic) bond motifs is 1. The van der Waals surface area contributed by atoms with Gasteiger partial charge in [-0.2, -0.15) is 4.98 Å². The second kappa shape index (κ2) is 11.6. The highest BCUT2D eigenvalue weighted by molar-refractivity contribution is 6.31. The lowest BCUT2D eigenvalue weighted by Gasteiger charge is -2.23. The molecule has 2 N–H and O–H groups in total. The molecule has 0 bridgehead atoms. The molecule has 5 rings (SSSR count). The average Bonchev–Trinajstić information content (AvgIpc) is 3.58. The van der Waals surface area contributed by atoms with Crippen LogP contribution in [-0.4, -0.2) is 70.9 Å². The Morgan fingerprint density at radius 2 is 2.00 bits per heavy atom. The Bertz CT molecular complexity index is 1340. The second-order valence-corrected chi connectivity index (χ2v) is 10.7. The van der Waals surface area contributed by atoms with E-state index in [1.54, 1.807) is 0 Å². The third-order valence-electron chi connectivity index (χ3n) is 7.18. The monoisotopic (exact) mass is 534 g/mol. The zero-order chi connectivity index (χ0) is 26.6. The van der Waals surface area contributed by atoms with Crippen molar-refractivity contribution in [2.24, 2.45) is 0 Å². The number of nitrogens with one attached hydrogen (secondary N) is 2. The molecule has 0 spiro atoms. The highest BCUT2D eigenvalue weighted by Gasteiger charge is 2.21. The summed E-state index contributed by atoms with van der Waals surface area (Å²) in [7, 11) is 3.96. The van der Waals surface area contributed by atoms with Gasteiger partial charge in [0.1, 0.15) is 5.75 Å². The minimum atomic E-state index is -0.253. The van der Waals surface area contributed by atoms with Crippen LogP contribution in [-0.2, 0) is 4.79 Å². The highest BCUT2D eigenvalue weighted by atomic mass is 35.5. The normalized spacial score (nSPS) is 18.2. The Kier molecular flexibility index (Phi) is 8.00. The topological polar surface area (TPSA) is 86.4 Å². The minimum absolute atomic E-state index is 0.00660. The van der Waals surface area contributed by atoms with Crippen molar-refractivity contribution in [3.63, 3.8) is 0 Å². The van der Waals surface area contributed by atoms with Crippen molar-refractivity contribution in [3.05, 3.63) is 70.5 Å². The van der Waals surface area contributed by atoms with Crippen molar-refractivity contribution in [1.29, 1.82) is 0 Å². The number of benzene rings is 1.